The second kappa shape index (κ2) is 5.75. The van der Waals surface area contributed by atoms with Crippen molar-refractivity contribution in [1.29, 1.82) is 0 Å². The van der Waals surface area contributed by atoms with Crippen LogP contribution in [0.1, 0.15) is 35.7 Å². The second-order valence-corrected chi connectivity index (χ2v) is 5.01. The molecule has 1 N–H and O–H groups in total. The number of nitrogens with zero attached hydrogens (tertiary/aromatic N) is 1. The summed E-state index contributed by atoms with van der Waals surface area (Å²) in [7, 11) is 0. The fraction of sp³-hybridized carbons (Fsp3) is 0.643. The highest BCUT2D eigenvalue weighted by atomic mass is 16.5. The summed E-state index contributed by atoms with van der Waals surface area (Å²) in [6.07, 6.45) is 0.471. The van der Waals surface area contributed by atoms with Crippen LogP contribution in [0.5, 0.6) is 0 Å². The lowest BCUT2D eigenvalue weighted by molar-refractivity contribution is -0.0674. The zero-order valence-electron chi connectivity index (χ0n) is 11.7. The summed E-state index contributed by atoms with van der Waals surface area (Å²) in [5.74, 6) is 1.10. The summed E-state index contributed by atoms with van der Waals surface area (Å²) in [5.41, 5.74) is 1.01. The minimum Gasteiger partial charge on any atom is -0.456 e. The van der Waals surface area contributed by atoms with E-state index in [1.165, 1.54) is 0 Å². The van der Waals surface area contributed by atoms with E-state index in [0.717, 1.165) is 17.7 Å². The maximum atomic E-state index is 12.4. The average molecular weight is 267 g/mol. The molecule has 19 heavy (non-hydrogen) atoms. The highest BCUT2D eigenvalue weighted by molar-refractivity contribution is 5.92. The number of hydrogen-bond acceptors (Lipinski definition) is 4. The Morgan fingerprint density at radius 3 is 2.89 bits per heavy atom. The third kappa shape index (κ3) is 2.82. The molecule has 1 aliphatic heterocycles. The molecule has 5 heteroatoms. The van der Waals surface area contributed by atoms with Crippen LogP contribution in [0.2, 0.25) is 0 Å². The molecule has 0 aromatic carbocycles. The van der Waals surface area contributed by atoms with Gasteiger partial charge in [0.05, 0.1) is 25.4 Å². The number of aliphatic hydroxyl groups is 1. The van der Waals surface area contributed by atoms with Gasteiger partial charge >= 0.3 is 0 Å². The van der Waals surface area contributed by atoms with Gasteiger partial charge in [0, 0.05) is 13.0 Å². The van der Waals surface area contributed by atoms with Crippen LogP contribution in [0, 0.1) is 6.92 Å². The number of furan rings is 1. The number of carbonyl (C=O) groups is 1. The maximum Gasteiger partial charge on any atom is 0.289 e. The van der Waals surface area contributed by atoms with Gasteiger partial charge in [0.25, 0.3) is 5.91 Å². The Morgan fingerprint density at radius 2 is 2.32 bits per heavy atom. The van der Waals surface area contributed by atoms with E-state index in [0.29, 0.717) is 18.9 Å². The van der Waals surface area contributed by atoms with Crippen molar-refractivity contribution in [2.45, 2.75) is 39.3 Å². The van der Waals surface area contributed by atoms with Gasteiger partial charge in [0.1, 0.15) is 5.76 Å². The van der Waals surface area contributed by atoms with Crippen molar-refractivity contribution in [2.75, 3.05) is 19.8 Å². The van der Waals surface area contributed by atoms with Crippen molar-refractivity contribution in [2.24, 2.45) is 0 Å². The van der Waals surface area contributed by atoms with E-state index in [1.807, 2.05) is 20.8 Å². The Balaban J connectivity index is 2.17. The summed E-state index contributed by atoms with van der Waals surface area (Å²) in [6, 6.07) is 1.78. The van der Waals surface area contributed by atoms with E-state index in [-0.39, 0.29) is 24.7 Å². The largest absolute Gasteiger partial charge is 0.456 e. The normalized spacial score (nSPS) is 23.7. The standard InChI is InChI=1S/C14H21NO4/c1-4-12-9(2)5-13(19-12)14(17)15-6-11(7-16)18-8-10(15)3/h5,10-11,16H,4,6-8H2,1-3H3/t10-,11-/m0/s1. The van der Waals surface area contributed by atoms with Gasteiger partial charge < -0.3 is 19.2 Å². The average Bonchev–Trinajstić information content (AvgIpc) is 2.80. The number of amides is 1. The molecule has 1 aliphatic rings. The van der Waals surface area contributed by atoms with E-state index < -0.39 is 0 Å². The zero-order valence-corrected chi connectivity index (χ0v) is 11.7. The Morgan fingerprint density at radius 1 is 1.58 bits per heavy atom. The van der Waals surface area contributed by atoms with Crippen molar-refractivity contribution in [1.82, 2.24) is 4.90 Å². The van der Waals surface area contributed by atoms with Gasteiger partial charge in [-0.1, -0.05) is 6.92 Å². The van der Waals surface area contributed by atoms with Crippen LogP contribution in [-0.4, -0.2) is 47.8 Å². The first-order chi connectivity index (χ1) is 9.06. The van der Waals surface area contributed by atoms with E-state index in [1.54, 1.807) is 11.0 Å². The van der Waals surface area contributed by atoms with Crippen LogP contribution in [0.25, 0.3) is 0 Å². The molecule has 5 nitrogen and oxygen atoms in total. The van der Waals surface area contributed by atoms with Crippen LogP contribution in [0.4, 0.5) is 0 Å². The van der Waals surface area contributed by atoms with Crippen LogP contribution in [-0.2, 0) is 11.2 Å². The zero-order chi connectivity index (χ0) is 14.0. The first-order valence-electron chi connectivity index (χ1n) is 6.69. The Hall–Kier alpha value is -1.33. The van der Waals surface area contributed by atoms with E-state index in [2.05, 4.69) is 0 Å². The lowest BCUT2D eigenvalue weighted by Crippen LogP contribution is -2.51. The predicted molar refractivity (Wildman–Crippen MR) is 70.1 cm³/mol. The molecule has 0 aliphatic carbocycles. The summed E-state index contributed by atoms with van der Waals surface area (Å²) in [4.78, 5) is 14.2. The van der Waals surface area contributed by atoms with E-state index in [9.17, 15) is 4.79 Å². The van der Waals surface area contributed by atoms with Gasteiger partial charge in [0.2, 0.25) is 0 Å². The van der Waals surface area contributed by atoms with Gasteiger partial charge in [-0.25, -0.2) is 0 Å². The molecular formula is C14H21NO4. The number of ether oxygens (including phenoxy) is 1. The number of morpholine rings is 1. The number of carbonyl (C=O) groups excluding carboxylic acids is 1. The molecule has 1 amide bonds. The second-order valence-electron chi connectivity index (χ2n) is 5.01. The van der Waals surface area contributed by atoms with Crippen LogP contribution in [0.15, 0.2) is 10.5 Å². The summed E-state index contributed by atoms with van der Waals surface area (Å²) < 4.78 is 11.0. The van der Waals surface area contributed by atoms with Crippen molar-refractivity contribution < 1.29 is 19.1 Å². The molecule has 106 valence electrons. The molecular weight excluding hydrogens is 246 g/mol. The van der Waals surface area contributed by atoms with E-state index in [4.69, 9.17) is 14.3 Å². The number of aliphatic hydroxyl groups excluding tert-OH is 1. The van der Waals surface area contributed by atoms with Crippen LogP contribution >= 0.6 is 0 Å². The highest BCUT2D eigenvalue weighted by Gasteiger charge is 2.31. The SMILES string of the molecule is CCc1oc(C(=O)N2C[C@@H](CO)OC[C@@H]2C)cc1C. The molecule has 2 atom stereocenters. The Labute approximate surface area is 113 Å². The van der Waals surface area contributed by atoms with Crippen LogP contribution in [0.3, 0.4) is 0 Å². The van der Waals surface area contributed by atoms with Crippen molar-refractivity contribution >= 4 is 5.91 Å². The Kier molecular flexibility index (Phi) is 4.27. The molecule has 0 spiro atoms. The first-order valence-corrected chi connectivity index (χ1v) is 6.69. The highest BCUT2D eigenvalue weighted by Crippen LogP contribution is 2.20. The maximum absolute atomic E-state index is 12.4. The van der Waals surface area contributed by atoms with Crippen molar-refractivity contribution in [3.05, 3.63) is 23.2 Å². The minimum absolute atomic E-state index is 0.00853. The molecule has 1 fully saturated rings. The lowest BCUT2D eigenvalue weighted by atomic mass is 10.1. The summed E-state index contributed by atoms with van der Waals surface area (Å²) in [6.45, 7) is 6.64. The molecule has 2 rings (SSSR count). The van der Waals surface area contributed by atoms with Crippen molar-refractivity contribution in [3.63, 3.8) is 0 Å². The lowest BCUT2D eigenvalue weighted by Gasteiger charge is -2.36. The molecule has 1 aromatic rings. The fourth-order valence-corrected chi connectivity index (χ4v) is 2.33. The molecule has 2 heterocycles. The topological polar surface area (TPSA) is 62.9 Å². The predicted octanol–water partition coefficient (Wildman–Crippen LogP) is 1.37. The summed E-state index contributed by atoms with van der Waals surface area (Å²) in [5, 5.41) is 9.15. The van der Waals surface area contributed by atoms with E-state index >= 15 is 0 Å². The monoisotopic (exact) mass is 267 g/mol. The molecule has 0 bridgehead atoms. The van der Waals surface area contributed by atoms with Crippen LogP contribution < -0.4 is 0 Å². The number of rotatable bonds is 3. The first kappa shape index (κ1) is 14.1. The van der Waals surface area contributed by atoms with Gasteiger partial charge in [-0.05, 0) is 25.5 Å². The summed E-state index contributed by atoms with van der Waals surface area (Å²) >= 11 is 0. The van der Waals surface area contributed by atoms with Gasteiger partial charge in [-0.15, -0.1) is 0 Å². The smallest absolute Gasteiger partial charge is 0.289 e. The third-order valence-electron chi connectivity index (χ3n) is 3.52. The number of hydrogen-bond donors (Lipinski definition) is 1. The third-order valence-corrected chi connectivity index (χ3v) is 3.52. The number of aryl methyl sites for hydroxylation is 2. The molecule has 1 aromatic heterocycles. The van der Waals surface area contributed by atoms with Gasteiger partial charge in [0.15, 0.2) is 5.76 Å². The van der Waals surface area contributed by atoms with Crippen molar-refractivity contribution in [3.8, 4) is 0 Å². The Bertz CT molecular complexity index is 454. The fourth-order valence-electron chi connectivity index (χ4n) is 2.33. The molecule has 1 saturated heterocycles. The van der Waals surface area contributed by atoms with Gasteiger partial charge in [-0.3, -0.25) is 4.79 Å². The van der Waals surface area contributed by atoms with Gasteiger partial charge in [-0.2, -0.15) is 0 Å². The quantitative estimate of drug-likeness (QED) is 0.898. The molecule has 0 unspecified atom stereocenters. The molecule has 0 saturated carbocycles. The minimum atomic E-state index is -0.304. The molecule has 0 radical (unpaired) electrons.